The summed E-state index contributed by atoms with van der Waals surface area (Å²) >= 11 is 0. The van der Waals surface area contributed by atoms with Crippen LogP contribution in [0.25, 0.3) is 10.8 Å². The van der Waals surface area contributed by atoms with Crippen molar-refractivity contribution in [3.05, 3.63) is 66.7 Å². The molecule has 2 amide bonds. The third-order valence-corrected chi connectivity index (χ3v) is 4.88. The minimum absolute atomic E-state index is 0.0648. The topological polar surface area (TPSA) is 58.6 Å². The number of fused-ring (bicyclic) bond motifs is 1. The molecule has 1 N–H and O–H groups in total. The van der Waals surface area contributed by atoms with Crippen LogP contribution in [-0.2, 0) is 9.59 Å². The van der Waals surface area contributed by atoms with E-state index in [1.54, 1.807) is 4.90 Å². The molecule has 1 heterocycles. The third-order valence-electron chi connectivity index (χ3n) is 4.88. The molecule has 142 valence electrons. The van der Waals surface area contributed by atoms with E-state index in [9.17, 15) is 9.59 Å². The zero-order chi connectivity index (χ0) is 19.3. The highest BCUT2D eigenvalue weighted by Gasteiger charge is 2.19. The van der Waals surface area contributed by atoms with E-state index in [1.807, 2.05) is 66.7 Å². The first-order valence-corrected chi connectivity index (χ1v) is 9.51. The Kier molecular flexibility index (Phi) is 5.24. The zero-order valence-electron chi connectivity index (χ0n) is 15.6. The van der Waals surface area contributed by atoms with Crippen LogP contribution in [0.5, 0.6) is 5.75 Å². The van der Waals surface area contributed by atoms with Crippen LogP contribution in [0.15, 0.2) is 66.7 Å². The van der Waals surface area contributed by atoms with Crippen LogP contribution in [0.1, 0.15) is 19.3 Å². The molecule has 0 spiro atoms. The van der Waals surface area contributed by atoms with Gasteiger partial charge in [0.2, 0.25) is 5.91 Å². The van der Waals surface area contributed by atoms with Gasteiger partial charge >= 0.3 is 0 Å². The molecular formula is C23H22N2O3. The lowest BCUT2D eigenvalue weighted by molar-refractivity contribution is -0.119. The van der Waals surface area contributed by atoms with Crippen molar-refractivity contribution in [1.29, 1.82) is 0 Å². The normalized spacial score (nSPS) is 14.1. The molecule has 1 aliphatic rings. The predicted octanol–water partition coefficient (Wildman–Crippen LogP) is 4.37. The van der Waals surface area contributed by atoms with E-state index in [4.69, 9.17) is 4.74 Å². The summed E-state index contributed by atoms with van der Waals surface area (Å²) in [6, 6.07) is 21.1. The molecule has 1 aliphatic heterocycles. The molecule has 5 nitrogen and oxygen atoms in total. The van der Waals surface area contributed by atoms with Crippen molar-refractivity contribution in [1.82, 2.24) is 0 Å². The van der Waals surface area contributed by atoms with E-state index in [1.165, 1.54) is 0 Å². The van der Waals surface area contributed by atoms with Crippen molar-refractivity contribution in [2.75, 3.05) is 23.4 Å². The lowest BCUT2D eigenvalue weighted by Gasteiger charge is -2.26. The molecule has 0 aliphatic carbocycles. The number of nitrogens with one attached hydrogen (secondary N) is 1. The summed E-state index contributed by atoms with van der Waals surface area (Å²) < 4.78 is 5.62. The fourth-order valence-electron chi connectivity index (χ4n) is 3.41. The summed E-state index contributed by atoms with van der Waals surface area (Å²) in [7, 11) is 0. The molecule has 1 saturated heterocycles. The molecule has 0 unspecified atom stereocenters. The molecule has 4 rings (SSSR count). The number of anilines is 2. The highest BCUT2D eigenvalue weighted by molar-refractivity contribution is 5.95. The first kappa shape index (κ1) is 18.0. The number of ether oxygens (including phenoxy) is 1. The Bertz CT molecular complexity index is 998. The fraction of sp³-hybridized carbons (Fsp3) is 0.217. The summed E-state index contributed by atoms with van der Waals surface area (Å²) in [5, 5.41) is 5.03. The number of hydrogen-bond donors (Lipinski definition) is 1. The second-order valence-electron chi connectivity index (χ2n) is 6.90. The lowest BCUT2D eigenvalue weighted by atomic mass is 10.1. The SMILES string of the molecule is O=C(COc1ccc2ccccc2c1)Nc1ccc(N2CCCCC2=O)cc1. The standard InChI is InChI=1S/C23H22N2O3/c26-22(16-28-21-13-8-17-5-1-2-6-18(17)15-21)24-19-9-11-20(12-10-19)25-14-4-3-7-23(25)27/h1-2,5-6,8-13,15H,3-4,7,14,16H2,(H,24,26). The highest BCUT2D eigenvalue weighted by Crippen LogP contribution is 2.23. The van der Waals surface area contributed by atoms with Crippen LogP contribution < -0.4 is 15.0 Å². The molecule has 0 bridgehead atoms. The van der Waals surface area contributed by atoms with Gasteiger partial charge in [-0.3, -0.25) is 9.59 Å². The summed E-state index contributed by atoms with van der Waals surface area (Å²) in [4.78, 5) is 26.0. The molecule has 3 aromatic carbocycles. The van der Waals surface area contributed by atoms with Crippen molar-refractivity contribution in [3.63, 3.8) is 0 Å². The van der Waals surface area contributed by atoms with Crippen molar-refractivity contribution in [3.8, 4) is 5.75 Å². The molecule has 3 aromatic rings. The second-order valence-corrected chi connectivity index (χ2v) is 6.90. The van der Waals surface area contributed by atoms with E-state index in [0.29, 0.717) is 17.9 Å². The van der Waals surface area contributed by atoms with E-state index in [0.717, 1.165) is 35.8 Å². The zero-order valence-corrected chi connectivity index (χ0v) is 15.6. The molecule has 5 heteroatoms. The number of carbonyl (C=O) groups excluding carboxylic acids is 2. The number of carbonyl (C=O) groups is 2. The van der Waals surface area contributed by atoms with E-state index >= 15 is 0 Å². The van der Waals surface area contributed by atoms with Gasteiger partial charge in [-0.15, -0.1) is 0 Å². The van der Waals surface area contributed by atoms with Gasteiger partial charge in [-0.1, -0.05) is 30.3 Å². The average Bonchev–Trinajstić information content (AvgIpc) is 2.73. The Balaban J connectivity index is 1.33. The van der Waals surface area contributed by atoms with Crippen LogP contribution in [-0.4, -0.2) is 25.0 Å². The number of rotatable bonds is 5. The quantitative estimate of drug-likeness (QED) is 0.721. The Hall–Kier alpha value is -3.34. The van der Waals surface area contributed by atoms with Gasteiger partial charge in [0.05, 0.1) is 0 Å². The number of nitrogens with zero attached hydrogens (tertiary/aromatic N) is 1. The Morgan fingerprint density at radius 2 is 1.75 bits per heavy atom. The monoisotopic (exact) mass is 374 g/mol. The van der Waals surface area contributed by atoms with Gasteiger partial charge < -0.3 is 15.0 Å². The molecule has 0 aromatic heterocycles. The van der Waals surface area contributed by atoms with Crippen LogP contribution in [0.3, 0.4) is 0 Å². The minimum atomic E-state index is -0.227. The smallest absolute Gasteiger partial charge is 0.262 e. The van der Waals surface area contributed by atoms with Crippen LogP contribution in [0, 0.1) is 0 Å². The maximum Gasteiger partial charge on any atom is 0.262 e. The van der Waals surface area contributed by atoms with Gasteiger partial charge in [0.25, 0.3) is 5.91 Å². The van der Waals surface area contributed by atoms with Crippen molar-refractivity contribution < 1.29 is 14.3 Å². The average molecular weight is 374 g/mol. The third kappa shape index (κ3) is 4.14. The summed E-state index contributed by atoms with van der Waals surface area (Å²) in [6.07, 6.45) is 2.58. The van der Waals surface area contributed by atoms with Gasteiger partial charge in [0.15, 0.2) is 6.61 Å². The first-order valence-electron chi connectivity index (χ1n) is 9.51. The van der Waals surface area contributed by atoms with E-state index in [-0.39, 0.29) is 18.4 Å². The van der Waals surface area contributed by atoms with Crippen LogP contribution >= 0.6 is 0 Å². The highest BCUT2D eigenvalue weighted by atomic mass is 16.5. The van der Waals surface area contributed by atoms with Gasteiger partial charge in [0, 0.05) is 24.3 Å². The Labute approximate surface area is 163 Å². The van der Waals surface area contributed by atoms with Crippen molar-refractivity contribution in [2.45, 2.75) is 19.3 Å². The van der Waals surface area contributed by atoms with Gasteiger partial charge in [-0.2, -0.15) is 0 Å². The van der Waals surface area contributed by atoms with Crippen molar-refractivity contribution in [2.24, 2.45) is 0 Å². The maximum absolute atomic E-state index is 12.2. The Morgan fingerprint density at radius 3 is 2.54 bits per heavy atom. The molecule has 0 atom stereocenters. The van der Waals surface area contributed by atoms with Crippen LogP contribution in [0.4, 0.5) is 11.4 Å². The number of piperidine rings is 1. The lowest BCUT2D eigenvalue weighted by Crippen LogP contribution is -2.35. The number of hydrogen-bond acceptors (Lipinski definition) is 3. The van der Waals surface area contributed by atoms with Gasteiger partial charge in [0.1, 0.15) is 5.75 Å². The largest absolute Gasteiger partial charge is 0.484 e. The molecular weight excluding hydrogens is 352 g/mol. The van der Waals surface area contributed by atoms with E-state index < -0.39 is 0 Å². The van der Waals surface area contributed by atoms with Crippen LogP contribution in [0.2, 0.25) is 0 Å². The fourth-order valence-corrected chi connectivity index (χ4v) is 3.41. The summed E-state index contributed by atoms with van der Waals surface area (Å²) in [6.45, 7) is 0.689. The predicted molar refractivity (Wildman–Crippen MR) is 111 cm³/mol. The van der Waals surface area contributed by atoms with Gasteiger partial charge in [-0.05, 0) is 60.0 Å². The van der Waals surface area contributed by atoms with Gasteiger partial charge in [-0.25, -0.2) is 0 Å². The second kappa shape index (κ2) is 8.13. The Morgan fingerprint density at radius 1 is 0.964 bits per heavy atom. The minimum Gasteiger partial charge on any atom is -0.484 e. The summed E-state index contributed by atoms with van der Waals surface area (Å²) in [5.74, 6) is 0.592. The van der Waals surface area contributed by atoms with E-state index in [2.05, 4.69) is 5.32 Å². The van der Waals surface area contributed by atoms with Crippen molar-refractivity contribution >= 4 is 34.0 Å². The maximum atomic E-state index is 12.2. The molecule has 1 fully saturated rings. The molecule has 0 saturated carbocycles. The molecule has 28 heavy (non-hydrogen) atoms. The first-order chi connectivity index (χ1) is 13.7. The summed E-state index contributed by atoms with van der Waals surface area (Å²) in [5.41, 5.74) is 1.55. The number of benzene rings is 3. The number of amides is 2. The molecule has 0 radical (unpaired) electrons.